The van der Waals surface area contributed by atoms with Gasteiger partial charge in [-0.2, -0.15) is 4.98 Å². The molecule has 0 amide bonds. The van der Waals surface area contributed by atoms with Crippen LogP contribution in [0.3, 0.4) is 0 Å². The van der Waals surface area contributed by atoms with Gasteiger partial charge in [-0.25, -0.2) is 0 Å². The van der Waals surface area contributed by atoms with Gasteiger partial charge in [-0.1, -0.05) is 0 Å². The Hall–Kier alpha value is -2.15. The molecular weight excluding hydrogens is 260 g/mol. The Bertz CT molecular complexity index is 609. The van der Waals surface area contributed by atoms with E-state index in [2.05, 4.69) is 29.0 Å². The molecule has 0 saturated carbocycles. The number of nitro benzene ring substituents is 1. The normalized spacial score (nSPS) is 11.4. The summed E-state index contributed by atoms with van der Waals surface area (Å²) in [6.45, 7) is 5.80. The second-order valence-corrected chi connectivity index (χ2v) is 4.93. The number of nitrogens with zero attached hydrogens (tertiary/aromatic N) is 3. The zero-order valence-electron chi connectivity index (χ0n) is 11.8. The number of hydrogen-bond donors (Lipinski definition) is 1. The number of nitro groups is 1. The number of benzene rings is 1. The second kappa shape index (κ2) is 5.87. The quantitative estimate of drug-likeness (QED) is 0.645. The number of oxazole rings is 1. The number of anilines is 1. The number of rotatable bonds is 6. The largest absolute Gasteiger partial charge is 0.423 e. The van der Waals surface area contributed by atoms with E-state index in [1.807, 2.05) is 7.05 Å². The lowest BCUT2D eigenvalue weighted by Gasteiger charge is -2.20. The molecule has 1 aromatic carbocycles. The van der Waals surface area contributed by atoms with E-state index >= 15 is 0 Å². The highest BCUT2D eigenvalue weighted by molar-refractivity contribution is 5.77. The van der Waals surface area contributed by atoms with E-state index in [0.29, 0.717) is 29.7 Å². The zero-order chi connectivity index (χ0) is 14.7. The number of aromatic nitrogens is 1. The first-order valence-electron chi connectivity index (χ1n) is 6.46. The summed E-state index contributed by atoms with van der Waals surface area (Å²) < 4.78 is 5.46. The van der Waals surface area contributed by atoms with Crippen molar-refractivity contribution in [3.63, 3.8) is 0 Å². The maximum absolute atomic E-state index is 10.7. The molecule has 0 aliphatic rings. The number of hydrogen-bond acceptors (Lipinski definition) is 6. The van der Waals surface area contributed by atoms with Crippen LogP contribution < -0.4 is 5.32 Å². The van der Waals surface area contributed by atoms with Crippen molar-refractivity contribution in [2.45, 2.75) is 19.9 Å². The lowest BCUT2D eigenvalue weighted by molar-refractivity contribution is -0.384. The minimum absolute atomic E-state index is 0.000240. The zero-order valence-corrected chi connectivity index (χ0v) is 11.8. The maximum Gasteiger partial charge on any atom is 0.295 e. The summed E-state index contributed by atoms with van der Waals surface area (Å²) in [6.07, 6.45) is 0. The number of fused-ring (bicyclic) bond motifs is 1. The fraction of sp³-hybridized carbons (Fsp3) is 0.462. The van der Waals surface area contributed by atoms with Gasteiger partial charge in [-0.3, -0.25) is 10.1 Å². The van der Waals surface area contributed by atoms with Crippen LogP contribution in [0, 0.1) is 10.1 Å². The summed E-state index contributed by atoms with van der Waals surface area (Å²) in [7, 11) is 2.04. The highest BCUT2D eigenvalue weighted by Crippen LogP contribution is 2.23. The molecule has 0 fully saturated rings. The van der Waals surface area contributed by atoms with Crippen LogP contribution in [-0.4, -0.2) is 41.0 Å². The molecule has 0 aliphatic carbocycles. The molecule has 20 heavy (non-hydrogen) atoms. The van der Waals surface area contributed by atoms with E-state index < -0.39 is 4.92 Å². The smallest absolute Gasteiger partial charge is 0.295 e. The van der Waals surface area contributed by atoms with Crippen LogP contribution in [0.1, 0.15) is 13.8 Å². The average molecular weight is 278 g/mol. The van der Waals surface area contributed by atoms with Gasteiger partial charge in [0, 0.05) is 25.2 Å². The molecule has 7 nitrogen and oxygen atoms in total. The Morgan fingerprint density at radius 1 is 1.50 bits per heavy atom. The number of non-ortho nitro benzene ring substituents is 1. The van der Waals surface area contributed by atoms with Crippen LogP contribution in [0.5, 0.6) is 0 Å². The summed E-state index contributed by atoms with van der Waals surface area (Å²) >= 11 is 0. The first-order valence-corrected chi connectivity index (χ1v) is 6.46. The van der Waals surface area contributed by atoms with Gasteiger partial charge in [0.25, 0.3) is 11.7 Å². The monoisotopic (exact) mass is 278 g/mol. The lowest BCUT2D eigenvalue weighted by atomic mass is 10.3. The Morgan fingerprint density at radius 3 is 2.90 bits per heavy atom. The maximum atomic E-state index is 10.7. The molecular formula is C13H18N4O3. The highest BCUT2D eigenvalue weighted by atomic mass is 16.6. The standard InChI is InChI=1S/C13H18N4O3/c1-9(2)16(3)7-6-14-13-15-11-5-4-10(17(18)19)8-12(11)20-13/h4-5,8-9H,6-7H2,1-3H3,(H,14,15). The van der Waals surface area contributed by atoms with Crippen LogP contribution in [0.4, 0.5) is 11.7 Å². The Morgan fingerprint density at radius 2 is 2.25 bits per heavy atom. The Labute approximate surface area is 116 Å². The first-order chi connectivity index (χ1) is 9.47. The van der Waals surface area contributed by atoms with Gasteiger partial charge < -0.3 is 14.6 Å². The Balaban J connectivity index is 2.03. The molecule has 2 aromatic rings. The highest BCUT2D eigenvalue weighted by Gasteiger charge is 2.11. The summed E-state index contributed by atoms with van der Waals surface area (Å²) in [5.41, 5.74) is 1.02. The van der Waals surface area contributed by atoms with Crippen molar-refractivity contribution >= 4 is 22.8 Å². The van der Waals surface area contributed by atoms with Crippen molar-refractivity contribution in [2.75, 3.05) is 25.5 Å². The molecule has 0 radical (unpaired) electrons. The van der Waals surface area contributed by atoms with Crippen molar-refractivity contribution < 1.29 is 9.34 Å². The van der Waals surface area contributed by atoms with Crippen molar-refractivity contribution in [2.24, 2.45) is 0 Å². The summed E-state index contributed by atoms with van der Waals surface area (Å²) in [5, 5.41) is 13.8. The van der Waals surface area contributed by atoms with Gasteiger partial charge in [0.15, 0.2) is 5.58 Å². The van der Waals surface area contributed by atoms with Gasteiger partial charge in [0.2, 0.25) is 0 Å². The van der Waals surface area contributed by atoms with Crippen molar-refractivity contribution in [1.29, 1.82) is 0 Å². The predicted molar refractivity (Wildman–Crippen MR) is 76.9 cm³/mol. The van der Waals surface area contributed by atoms with Crippen LogP contribution >= 0.6 is 0 Å². The molecule has 7 heteroatoms. The van der Waals surface area contributed by atoms with E-state index in [0.717, 1.165) is 6.54 Å². The van der Waals surface area contributed by atoms with Gasteiger partial charge in [-0.05, 0) is 27.0 Å². The van der Waals surface area contributed by atoms with Gasteiger partial charge in [0.1, 0.15) is 5.52 Å². The summed E-state index contributed by atoms with van der Waals surface area (Å²) in [6, 6.07) is 5.25. The number of likely N-dealkylation sites (N-methyl/N-ethyl adjacent to an activating group) is 1. The SMILES string of the molecule is CC(C)N(C)CCNc1nc2ccc([N+](=O)[O-])cc2o1. The second-order valence-electron chi connectivity index (χ2n) is 4.93. The summed E-state index contributed by atoms with van der Waals surface area (Å²) in [5.74, 6) is 0. The third-order valence-electron chi connectivity index (χ3n) is 3.21. The minimum Gasteiger partial charge on any atom is -0.423 e. The molecule has 0 atom stereocenters. The van der Waals surface area contributed by atoms with Gasteiger partial charge in [-0.15, -0.1) is 0 Å². The third-order valence-corrected chi connectivity index (χ3v) is 3.21. The van der Waals surface area contributed by atoms with Crippen molar-refractivity contribution in [3.05, 3.63) is 28.3 Å². The molecule has 1 aromatic heterocycles. The fourth-order valence-electron chi connectivity index (χ4n) is 1.70. The molecule has 2 rings (SSSR count). The topological polar surface area (TPSA) is 84.4 Å². The first kappa shape index (κ1) is 14.3. The molecule has 1 N–H and O–H groups in total. The Kier molecular flexibility index (Phi) is 4.19. The molecule has 0 aliphatic heterocycles. The van der Waals surface area contributed by atoms with E-state index in [1.165, 1.54) is 12.1 Å². The average Bonchev–Trinajstić information content (AvgIpc) is 2.79. The predicted octanol–water partition coefficient (Wildman–Crippen LogP) is 2.49. The van der Waals surface area contributed by atoms with E-state index in [9.17, 15) is 10.1 Å². The van der Waals surface area contributed by atoms with Crippen LogP contribution in [0.2, 0.25) is 0 Å². The molecule has 108 valence electrons. The van der Waals surface area contributed by atoms with Crippen LogP contribution in [-0.2, 0) is 0 Å². The third kappa shape index (κ3) is 3.24. The molecule has 0 spiro atoms. The molecule has 0 saturated heterocycles. The fourth-order valence-corrected chi connectivity index (χ4v) is 1.70. The van der Waals surface area contributed by atoms with Crippen molar-refractivity contribution in [1.82, 2.24) is 9.88 Å². The van der Waals surface area contributed by atoms with E-state index in [4.69, 9.17) is 4.42 Å². The van der Waals surface area contributed by atoms with Gasteiger partial charge >= 0.3 is 0 Å². The molecule has 0 unspecified atom stereocenters. The minimum atomic E-state index is -0.452. The van der Waals surface area contributed by atoms with E-state index in [1.54, 1.807) is 6.07 Å². The van der Waals surface area contributed by atoms with Gasteiger partial charge in [0.05, 0.1) is 11.0 Å². The summed E-state index contributed by atoms with van der Waals surface area (Å²) in [4.78, 5) is 16.7. The molecule has 0 bridgehead atoms. The van der Waals surface area contributed by atoms with E-state index in [-0.39, 0.29) is 5.69 Å². The van der Waals surface area contributed by atoms with Crippen LogP contribution in [0.15, 0.2) is 22.6 Å². The lowest BCUT2D eigenvalue weighted by Crippen LogP contribution is -2.31. The van der Waals surface area contributed by atoms with Crippen LogP contribution in [0.25, 0.3) is 11.1 Å². The molecule has 1 heterocycles. The van der Waals surface area contributed by atoms with Crippen molar-refractivity contribution in [3.8, 4) is 0 Å². The number of nitrogens with one attached hydrogen (secondary N) is 1.